The molecule has 0 spiro atoms. The van der Waals surface area contributed by atoms with Gasteiger partial charge in [-0.3, -0.25) is 4.79 Å². The van der Waals surface area contributed by atoms with Crippen LogP contribution in [0.15, 0.2) is 72.8 Å². The minimum absolute atomic E-state index is 0.0356. The number of carbonyl (C=O) groups is 1. The third kappa shape index (κ3) is 3.35. The predicted octanol–water partition coefficient (Wildman–Crippen LogP) is 5.40. The SMILES string of the molecule is O=C1C[C@@H](c2nc3ccccc3n2Cc2ccc(F)cc2)CN1c1ccccc1Cl. The molecular formula is C24H19ClFN3O. The van der Waals surface area contributed by atoms with Gasteiger partial charge in [-0.2, -0.15) is 0 Å². The van der Waals surface area contributed by atoms with Crippen molar-refractivity contribution < 1.29 is 9.18 Å². The van der Waals surface area contributed by atoms with Gasteiger partial charge in [0.05, 0.1) is 21.7 Å². The smallest absolute Gasteiger partial charge is 0.227 e. The lowest BCUT2D eigenvalue weighted by atomic mass is 10.1. The number of hydrogen-bond donors (Lipinski definition) is 0. The Morgan fingerprint density at radius 2 is 1.73 bits per heavy atom. The first-order valence-electron chi connectivity index (χ1n) is 9.84. The number of fused-ring (bicyclic) bond motifs is 1. The zero-order valence-electron chi connectivity index (χ0n) is 16.1. The number of anilines is 1. The summed E-state index contributed by atoms with van der Waals surface area (Å²) in [5, 5.41) is 0.561. The number of nitrogens with zero attached hydrogens (tertiary/aromatic N) is 3. The second-order valence-corrected chi connectivity index (χ2v) is 7.94. The van der Waals surface area contributed by atoms with Crippen molar-refractivity contribution >= 4 is 34.2 Å². The Morgan fingerprint density at radius 1 is 1.00 bits per heavy atom. The van der Waals surface area contributed by atoms with Gasteiger partial charge < -0.3 is 9.47 Å². The predicted molar refractivity (Wildman–Crippen MR) is 116 cm³/mol. The summed E-state index contributed by atoms with van der Waals surface area (Å²) >= 11 is 6.33. The minimum atomic E-state index is -0.258. The Kier molecular flexibility index (Phi) is 4.75. The molecule has 6 heteroatoms. The molecule has 2 heterocycles. The van der Waals surface area contributed by atoms with E-state index in [1.807, 2.05) is 42.5 Å². The van der Waals surface area contributed by atoms with E-state index in [0.717, 1.165) is 28.1 Å². The highest BCUT2D eigenvalue weighted by Gasteiger charge is 2.35. The minimum Gasteiger partial charge on any atom is -0.323 e. The van der Waals surface area contributed by atoms with Crippen LogP contribution in [0.1, 0.15) is 23.7 Å². The number of imidazole rings is 1. The van der Waals surface area contributed by atoms with Crippen molar-refractivity contribution in [1.29, 1.82) is 0 Å². The quantitative estimate of drug-likeness (QED) is 0.444. The van der Waals surface area contributed by atoms with Crippen LogP contribution in [0.5, 0.6) is 0 Å². The Bertz CT molecular complexity index is 1230. The van der Waals surface area contributed by atoms with Crippen LogP contribution in [0.2, 0.25) is 5.02 Å². The highest BCUT2D eigenvalue weighted by molar-refractivity contribution is 6.33. The van der Waals surface area contributed by atoms with E-state index in [9.17, 15) is 9.18 Å². The second-order valence-electron chi connectivity index (χ2n) is 7.53. The van der Waals surface area contributed by atoms with Crippen LogP contribution in [0.4, 0.5) is 10.1 Å². The van der Waals surface area contributed by atoms with Crippen LogP contribution in [0.25, 0.3) is 11.0 Å². The maximum atomic E-state index is 13.4. The van der Waals surface area contributed by atoms with Crippen molar-refractivity contribution in [3.05, 3.63) is 95.0 Å². The summed E-state index contributed by atoms with van der Waals surface area (Å²) in [6, 6.07) is 21.8. The molecule has 0 bridgehead atoms. The van der Waals surface area contributed by atoms with Crippen molar-refractivity contribution in [3.63, 3.8) is 0 Å². The number of amides is 1. The summed E-state index contributed by atoms with van der Waals surface area (Å²) in [6.07, 6.45) is 0.373. The normalized spacial score (nSPS) is 16.5. The topological polar surface area (TPSA) is 38.1 Å². The molecule has 0 aliphatic carbocycles. The van der Waals surface area contributed by atoms with E-state index >= 15 is 0 Å². The molecule has 1 aromatic heterocycles. The lowest BCUT2D eigenvalue weighted by Crippen LogP contribution is -2.24. The van der Waals surface area contributed by atoms with Gasteiger partial charge in [0.1, 0.15) is 11.6 Å². The van der Waals surface area contributed by atoms with E-state index in [-0.39, 0.29) is 17.6 Å². The number of hydrogen-bond acceptors (Lipinski definition) is 2. The second kappa shape index (κ2) is 7.58. The van der Waals surface area contributed by atoms with Gasteiger partial charge in [0.15, 0.2) is 0 Å². The molecule has 3 aromatic carbocycles. The first-order chi connectivity index (χ1) is 14.6. The third-order valence-corrected chi connectivity index (χ3v) is 5.89. The van der Waals surface area contributed by atoms with Crippen molar-refractivity contribution in [2.24, 2.45) is 0 Å². The van der Waals surface area contributed by atoms with Crippen molar-refractivity contribution in [2.45, 2.75) is 18.9 Å². The molecular weight excluding hydrogens is 401 g/mol. The van der Waals surface area contributed by atoms with E-state index in [0.29, 0.717) is 24.5 Å². The van der Waals surface area contributed by atoms with E-state index in [4.69, 9.17) is 16.6 Å². The number of rotatable bonds is 4. The first kappa shape index (κ1) is 18.8. The Labute approximate surface area is 178 Å². The van der Waals surface area contributed by atoms with Gasteiger partial charge in [-0.25, -0.2) is 9.37 Å². The largest absolute Gasteiger partial charge is 0.323 e. The van der Waals surface area contributed by atoms with Crippen LogP contribution >= 0.6 is 11.6 Å². The van der Waals surface area contributed by atoms with Gasteiger partial charge in [-0.15, -0.1) is 0 Å². The van der Waals surface area contributed by atoms with Gasteiger partial charge in [0, 0.05) is 25.4 Å². The number of benzene rings is 3. The average molecular weight is 420 g/mol. The number of halogens is 2. The molecule has 4 aromatic rings. The van der Waals surface area contributed by atoms with Gasteiger partial charge in [0.2, 0.25) is 5.91 Å². The summed E-state index contributed by atoms with van der Waals surface area (Å²) in [6.45, 7) is 1.09. The average Bonchev–Trinajstić information content (AvgIpc) is 3.31. The van der Waals surface area contributed by atoms with Gasteiger partial charge in [-0.05, 0) is 42.0 Å². The van der Waals surface area contributed by atoms with Crippen molar-refractivity contribution in [3.8, 4) is 0 Å². The Morgan fingerprint density at radius 3 is 2.53 bits per heavy atom. The fourth-order valence-electron chi connectivity index (χ4n) is 4.13. The maximum absolute atomic E-state index is 13.4. The van der Waals surface area contributed by atoms with Crippen LogP contribution < -0.4 is 4.90 Å². The number of para-hydroxylation sites is 3. The van der Waals surface area contributed by atoms with Crippen molar-refractivity contribution in [2.75, 3.05) is 11.4 Å². The van der Waals surface area contributed by atoms with Crippen LogP contribution in [-0.4, -0.2) is 22.0 Å². The summed E-state index contributed by atoms with van der Waals surface area (Å²) < 4.78 is 15.5. The highest BCUT2D eigenvalue weighted by Crippen LogP contribution is 2.36. The van der Waals surface area contributed by atoms with Gasteiger partial charge >= 0.3 is 0 Å². The summed E-state index contributed by atoms with van der Waals surface area (Å²) in [5.41, 5.74) is 3.60. The van der Waals surface area contributed by atoms with E-state index < -0.39 is 0 Å². The molecule has 30 heavy (non-hydrogen) atoms. The third-order valence-electron chi connectivity index (χ3n) is 5.57. The van der Waals surface area contributed by atoms with Crippen molar-refractivity contribution in [1.82, 2.24) is 9.55 Å². The fraction of sp³-hybridized carbons (Fsp3) is 0.167. The van der Waals surface area contributed by atoms with E-state index in [1.165, 1.54) is 12.1 Å². The molecule has 0 radical (unpaired) electrons. The Balaban J connectivity index is 1.53. The maximum Gasteiger partial charge on any atom is 0.227 e. The van der Waals surface area contributed by atoms with Gasteiger partial charge in [0.25, 0.3) is 0 Å². The molecule has 0 saturated carbocycles. The standard InChI is InChI=1S/C24H19ClFN3O/c25-19-5-1-3-7-21(19)28-15-17(13-23(28)30)24-27-20-6-2-4-8-22(20)29(24)14-16-9-11-18(26)12-10-16/h1-12,17H,13-15H2/t17-/m1/s1. The summed E-state index contributed by atoms with van der Waals surface area (Å²) in [7, 11) is 0. The van der Waals surface area contributed by atoms with E-state index in [1.54, 1.807) is 23.1 Å². The molecule has 1 aliphatic heterocycles. The monoisotopic (exact) mass is 419 g/mol. The fourth-order valence-corrected chi connectivity index (χ4v) is 4.37. The van der Waals surface area contributed by atoms with Crippen LogP contribution in [0.3, 0.4) is 0 Å². The molecule has 1 atom stereocenters. The molecule has 0 unspecified atom stereocenters. The molecule has 150 valence electrons. The highest BCUT2D eigenvalue weighted by atomic mass is 35.5. The Hall–Kier alpha value is -3.18. The first-order valence-corrected chi connectivity index (χ1v) is 10.2. The summed E-state index contributed by atoms with van der Waals surface area (Å²) in [5.74, 6) is 0.588. The van der Waals surface area contributed by atoms with Gasteiger partial charge in [-0.1, -0.05) is 48.0 Å². The molecule has 1 amide bonds. The molecule has 1 fully saturated rings. The molecule has 1 aliphatic rings. The molecule has 5 rings (SSSR count). The summed E-state index contributed by atoms with van der Waals surface area (Å²) in [4.78, 5) is 19.4. The molecule has 1 saturated heterocycles. The lowest BCUT2D eigenvalue weighted by molar-refractivity contribution is -0.117. The number of carbonyl (C=O) groups excluding carboxylic acids is 1. The van der Waals surface area contributed by atoms with Crippen LogP contribution in [0, 0.1) is 5.82 Å². The van der Waals surface area contributed by atoms with E-state index in [2.05, 4.69) is 4.57 Å². The lowest BCUT2D eigenvalue weighted by Gasteiger charge is -2.18. The zero-order valence-corrected chi connectivity index (χ0v) is 16.9. The number of aromatic nitrogens is 2. The molecule has 0 N–H and O–H groups in total. The zero-order chi connectivity index (χ0) is 20.7. The van der Waals surface area contributed by atoms with Crippen LogP contribution in [-0.2, 0) is 11.3 Å². The molecule has 4 nitrogen and oxygen atoms in total.